The van der Waals surface area contributed by atoms with Crippen LogP contribution >= 0.6 is 11.6 Å². The fraction of sp³-hybridized carbons (Fsp3) is 0.625. The number of hydrogen-bond donors (Lipinski definition) is 2. The molecular weight excluding hydrogens is 272 g/mol. The molecule has 0 saturated heterocycles. The van der Waals surface area contributed by atoms with Gasteiger partial charge in [-0.1, -0.05) is 38.8 Å². The Balaban J connectivity index is 2.92. The molecule has 0 heterocycles. The van der Waals surface area contributed by atoms with Crippen molar-refractivity contribution in [2.24, 2.45) is 0 Å². The number of aliphatic hydroxyl groups excluding tert-OH is 1. The number of hydrogen-bond acceptors (Lipinski definition) is 3. The first-order chi connectivity index (χ1) is 9.58. The molecule has 1 aromatic carbocycles. The number of aliphatic hydroxyl groups is 1. The maximum absolute atomic E-state index is 9.28. The summed E-state index contributed by atoms with van der Waals surface area (Å²) in [6.45, 7) is 9.04. The van der Waals surface area contributed by atoms with Crippen LogP contribution in [0.5, 0.6) is 0 Å². The van der Waals surface area contributed by atoms with Crippen molar-refractivity contribution in [3.8, 4) is 0 Å². The van der Waals surface area contributed by atoms with Gasteiger partial charge in [-0.25, -0.2) is 0 Å². The zero-order chi connectivity index (χ0) is 15.0. The highest BCUT2D eigenvalue weighted by atomic mass is 35.5. The molecule has 0 atom stereocenters. The molecule has 0 radical (unpaired) electrons. The van der Waals surface area contributed by atoms with Crippen LogP contribution in [0.1, 0.15) is 39.2 Å². The molecule has 0 amide bonds. The second-order valence-corrected chi connectivity index (χ2v) is 5.81. The van der Waals surface area contributed by atoms with E-state index in [0.29, 0.717) is 12.6 Å². The smallest absolute Gasteiger partial charge is 0.0606 e. The Bertz CT molecular complexity index is 396. The summed E-state index contributed by atoms with van der Waals surface area (Å²) in [6.07, 6.45) is 2.27. The lowest BCUT2D eigenvalue weighted by Gasteiger charge is -2.27. The first-order valence-corrected chi connectivity index (χ1v) is 7.83. The maximum atomic E-state index is 9.28. The summed E-state index contributed by atoms with van der Waals surface area (Å²) < 4.78 is 0. The highest BCUT2D eigenvalue weighted by Crippen LogP contribution is 2.25. The van der Waals surface area contributed by atoms with Gasteiger partial charge >= 0.3 is 0 Å². The molecule has 20 heavy (non-hydrogen) atoms. The second-order valence-electron chi connectivity index (χ2n) is 5.37. The van der Waals surface area contributed by atoms with Gasteiger partial charge in [0, 0.05) is 36.4 Å². The van der Waals surface area contributed by atoms with Crippen LogP contribution in [0.25, 0.3) is 0 Å². The van der Waals surface area contributed by atoms with Crippen molar-refractivity contribution in [1.29, 1.82) is 0 Å². The molecule has 4 heteroatoms. The average Bonchev–Trinajstić information content (AvgIpc) is 2.41. The van der Waals surface area contributed by atoms with Gasteiger partial charge in [-0.2, -0.15) is 0 Å². The molecule has 0 aromatic heterocycles. The molecule has 114 valence electrons. The molecule has 0 aliphatic carbocycles. The van der Waals surface area contributed by atoms with Crippen molar-refractivity contribution in [3.63, 3.8) is 0 Å². The first-order valence-electron chi connectivity index (χ1n) is 7.46. The van der Waals surface area contributed by atoms with E-state index in [1.54, 1.807) is 0 Å². The number of anilines is 1. The highest BCUT2D eigenvalue weighted by molar-refractivity contribution is 6.30. The predicted octanol–water partition coefficient (Wildman–Crippen LogP) is 3.44. The molecule has 0 aliphatic rings. The quantitative estimate of drug-likeness (QED) is 0.733. The van der Waals surface area contributed by atoms with E-state index in [2.05, 4.69) is 37.1 Å². The molecule has 0 fully saturated rings. The van der Waals surface area contributed by atoms with Crippen molar-refractivity contribution >= 4 is 17.3 Å². The minimum Gasteiger partial charge on any atom is -0.395 e. The van der Waals surface area contributed by atoms with E-state index in [0.717, 1.165) is 31.0 Å². The van der Waals surface area contributed by atoms with Crippen molar-refractivity contribution in [2.75, 3.05) is 24.6 Å². The Morgan fingerprint density at radius 3 is 2.65 bits per heavy atom. The number of rotatable bonds is 9. The monoisotopic (exact) mass is 298 g/mol. The average molecular weight is 299 g/mol. The lowest BCUT2D eigenvalue weighted by Crippen LogP contribution is -2.30. The summed E-state index contributed by atoms with van der Waals surface area (Å²) in [5.74, 6) is 0. The second kappa shape index (κ2) is 9.22. The van der Waals surface area contributed by atoms with Crippen LogP contribution in [0.4, 0.5) is 5.69 Å². The first kappa shape index (κ1) is 17.3. The van der Waals surface area contributed by atoms with Crippen LogP contribution in [-0.4, -0.2) is 30.8 Å². The molecule has 1 aromatic rings. The summed E-state index contributed by atoms with van der Waals surface area (Å²) in [7, 11) is 0. The van der Waals surface area contributed by atoms with E-state index in [9.17, 15) is 5.11 Å². The third-order valence-electron chi connectivity index (χ3n) is 3.23. The molecule has 0 unspecified atom stereocenters. The fourth-order valence-electron chi connectivity index (χ4n) is 2.14. The van der Waals surface area contributed by atoms with E-state index in [1.807, 2.05) is 12.1 Å². The lowest BCUT2D eigenvalue weighted by atomic mass is 10.1. The normalized spacial score (nSPS) is 11.1. The van der Waals surface area contributed by atoms with E-state index >= 15 is 0 Å². The minimum absolute atomic E-state index is 0.170. The third-order valence-corrected chi connectivity index (χ3v) is 3.47. The SMILES string of the molecule is CCCCN(CCO)c1ccc(Cl)cc1CNC(C)C. The number of benzene rings is 1. The van der Waals surface area contributed by atoms with Crippen LogP contribution in [0.2, 0.25) is 5.02 Å². The summed E-state index contributed by atoms with van der Waals surface area (Å²) in [5.41, 5.74) is 2.36. The zero-order valence-electron chi connectivity index (χ0n) is 12.8. The fourth-order valence-corrected chi connectivity index (χ4v) is 2.34. The molecule has 0 aliphatic heterocycles. The van der Waals surface area contributed by atoms with Crippen molar-refractivity contribution in [3.05, 3.63) is 28.8 Å². The van der Waals surface area contributed by atoms with E-state index in [-0.39, 0.29) is 6.61 Å². The van der Waals surface area contributed by atoms with Gasteiger partial charge in [0.1, 0.15) is 0 Å². The van der Waals surface area contributed by atoms with Crippen molar-refractivity contribution in [2.45, 2.75) is 46.2 Å². The standard InChI is InChI=1S/C16H27ClN2O/c1-4-5-8-19(9-10-20)16-7-6-15(17)11-14(16)12-18-13(2)3/h6-7,11,13,18,20H,4-5,8-10,12H2,1-3H3. The lowest BCUT2D eigenvalue weighted by molar-refractivity contribution is 0.301. The van der Waals surface area contributed by atoms with Gasteiger partial charge in [-0.3, -0.25) is 0 Å². The summed E-state index contributed by atoms with van der Waals surface area (Å²) in [4.78, 5) is 2.25. The van der Waals surface area contributed by atoms with Crippen LogP contribution in [-0.2, 0) is 6.54 Å². The predicted molar refractivity (Wildman–Crippen MR) is 87.6 cm³/mol. The zero-order valence-corrected chi connectivity index (χ0v) is 13.6. The van der Waals surface area contributed by atoms with E-state index in [4.69, 9.17) is 11.6 Å². The molecule has 1 rings (SSSR count). The number of nitrogens with zero attached hydrogens (tertiary/aromatic N) is 1. The van der Waals surface area contributed by atoms with Crippen molar-refractivity contribution < 1.29 is 5.11 Å². The van der Waals surface area contributed by atoms with E-state index in [1.165, 1.54) is 11.3 Å². The summed E-state index contributed by atoms with van der Waals surface area (Å²) in [6, 6.07) is 6.43. The van der Waals surface area contributed by atoms with Gasteiger partial charge in [0.15, 0.2) is 0 Å². The number of halogens is 1. The van der Waals surface area contributed by atoms with Gasteiger partial charge in [-0.15, -0.1) is 0 Å². The molecule has 3 nitrogen and oxygen atoms in total. The van der Waals surface area contributed by atoms with Crippen LogP contribution in [0.15, 0.2) is 18.2 Å². The Morgan fingerprint density at radius 2 is 2.05 bits per heavy atom. The van der Waals surface area contributed by atoms with E-state index < -0.39 is 0 Å². The van der Waals surface area contributed by atoms with Crippen molar-refractivity contribution in [1.82, 2.24) is 5.32 Å². The Kier molecular flexibility index (Phi) is 7.97. The molecule has 0 saturated carbocycles. The minimum atomic E-state index is 0.170. The van der Waals surface area contributed by atoms with Crippen LogP contribution < -0.4 is 10.2 Å². The molecule has 0 spiro atoms. The highest BCUT2D eigenvalue weighted by Gasteiger charge is 2.11. The summed E-state index contributed by atoms with van der Waals surface area (Å²) >= 11 is 6.12. The third kappa shape index (κ3) is 5.70. The van der Waals surface area contributed by atoms with Gasteiger partial charge in [0.2, 0.25) is 0 Å². The number of nitrogens with one attached hydrogen (secondary N) is 1. The van der Waals surface area contributed by atoms with Gasteiger partial charge in [0.05, 0.1) is 6.61 Å². The van der Waals surface area contributed by atoms with Gasteiger partial charge < -0.3 is 15.3 Å². The molecular formula is C16H27ClN2O. The largest absolute Gasteiger partial charge is 0.395 e. The Hall–Kier alpha value is -0.770. The topological polar surface area (TPSA) is 35.5 Å². The number of unbranched alkanes of at least 4 members (excludes halogenated alkanes) is 1. The van der Waals surface area contributed by atoms with Crippen LogP contribution in [0, 0.1) is 0 Å². The Morgan fingerprint density at radius 1 is 1.30 bits per heavy atom. The van der Waals surface area contributed by atoms with Gasteiger partial charge in [0.25, 0.3) is 0 Å². The molecule has 0 bridgehead atoms. The van der Waals surface area contributed by atoms with Gasteiger partial charge in [-0.05, 0) is 30.2 Å². The Labute approximate surface area is 127 Å². The summed E-state index contributed by atoms with van der Waals surface area (Å²) in [5, 5.41) is 13.5. The van der Waals surface area contributed by atoms with Crippen LogP contribution in [0.3, 0.4) is 0 Å². The maximum Gasteiger partial charge on any atom is 0.0606 e. The molecule has 2 N–H and O–H groups in total.